The molecule has 3 N–H and O–H groups in total. The number of thioether (sulfide) groups is 1. The van der Waals surface area contributed by atoms with Gasteiger partial charge in [0.25, 0.3) is 0 Å². The van der Waals surface area contributed by atoms with Gasteiger partial charge in [-0.15, -0.1) is 10.2 Å². The van der Waals surface area contributed by atoms with Gasteiger partial charge in [-0.2, -0.15) is 0 Å². The average Bonchev–Trinajstić information content (AvgIpc) is 3.15. The number of amides is 3. The summed E-state index contributed by atoms with van der Waals surface area (Å²) in [6.45, 7) is 2.01. The third-order valence-corrected chi connectivity index (χ3v) is 5.99. The van der Waals surface area contributed by atoms with E-state index in [4.69, 9.17) is 0 Å². The van der Waals surface area contributed by atoms with Gasteiger partial charge in [0, 0.05) is 12.7 Å². The molecule has 3 amide bonds. The minimum atomic E-state index is -0.627. The van der Waals surface area contributed by atoms with Crippen molar-refractivity contribution in [3.05, 3.63) is 65.7 Å². The van der Waals surface area contributed by atoms with Gasteiger partial charge in [-0.3, -0.25) is 10.1 Å². The number of nitrogens with one attached hydrogen (secondary N) is 3. The summed E-state index contributed by atoms with van der Waals surface area (Å²) in [7, 11) is 1.46. The van der Waals surface area contributed by atoms with Gasteiger partial charge in [-0.1, -0.05) is 71.6 Å². The second-order valence-electron chi connectivity index (χ2n) is 5.79. The highest BCUT2D eigenvalue weighted by molar-refractivity contribution is 8.01. The zero-order valence-electron chi connectivity index (χ0n) is 15.3. The first-order valence-electron chi connectivity index (χ1n) is 8.47. The van der Waals surface area contributed by atoms with Crippen LogP contribution in [0, 0.1) is 6.92 Å². The van der Waals surface area contributed by atoms with Crippen LogP contribution in [0.1, 0.15) is 16.4 Å². The predicted octanol–water partition coefficient (Wildman–Crippen LogP) is 3.88. The lowest BCUT2D eigenvalue weighted by Crippen LogP contribution is -2.39. The van der Waals surface area contributed by atoms with E-state index in [2.05, 4.69) is 26.1 Å². The molecule has 9 heteroatoms. The summed E-state index contributed by atoms with van der Waals surface area (Å²) >= 11 is 2.60. The average molecular weight is 414 g/mol. The first-order valence-corrected chi connectivity index (χ1v) is 10.2. The molecule has 1 atom stereocenters. The normalized spacial score (nSPS) is 11.5. The molecule has 3 aromatic rings. The van der Waals surface area contributed by atoms with Crippen molar-refractivity contribution in [2.24, 2.45) is 0 Å². The summed E-state index contributed by atoms with van der Waals surface area (Å²) in [5, 5.41) is 16.3. The molecule has 1 heterocycles. The van der Waals surface area contributed by atoms with Crippen LogP contribution in [0.5, 0.6) is 0 Å². The van der Waals surface area contributed by atoms with Gasteiger partial charge in [-0.05, 0) is 24.1 Å². The standard InChI is InChI=1S/C19H19N5O2S2/c1-12-8-6-7-11-14(12)21-18-23-24-19(28-18)27-15(13-9-4-3-5-10-13)16(25)22-17(26)20-2/h3-11,15H,1-2H3,(H,21,23)(H2,20,22,25,26)/t15-/m0/s1. The van der Waals surface area contributed by atoms with E-state index in [1.807, 2.05) is 61.5 Å². The second-order valence-corrected chi connectivity index (χ2v) is 8.12. The number of aromatic nitrogens is 2. The number of hydrogen-bond donors (Lipinski definition) is 3. The number of carbonyl (C=O) groups excluding carboxylic acids is 2. The number of benzene rings is 2. The highest BCUT2D eigenvalue weighted by Crippen LogP contribution is 2.38. The molecular formula is C19H19N5O2S2. The molecule has 0 fully saturated rings. The van der Waals surface area contributed by atoms with Crippen molar-refractivity contribution in [3.8, 4) is 0 Å². The molecule has 144 valence electrons. The number of rotatable bonds is 6. The Balaban J connectivity index is 1.77. The third-order valence-electron chi connectivity index (χ3n) is 3.82. The summed E-state index contributed by atoms with van der Waals surface area (Å²) in [5.74, 6) is -0.417. The van der Waals surface area contributed by atoms with Crippen molar-refractivity contribution in [2.45, 2.75) is 16.5 Å². The number of carbonyl (C=O) groups is 2. The van der Waals surface area contributed by atoms with E-state index in [1.165, 1.54) is 30.1 Å². The molecule has 0 saturated carbocycles. The van der Waals surface area contributed by atoms with Crippen molar-refractivity contribution in [3.63, 3.8) is 0 Å². The van der Waals surface area contributed by atoms with Gasteiger partial charge < -0.3 is 10.6 Å². The molecule has 0 aliphatic carbocycles. The van der Waals surface area contributed by atoms with Gasteiger partial charge in [0.15, 0.2) is 4.34 Å². The first kappa shape index (κ1) is 19.8. The summed E-state index contributed by atoms with van der Waals surface area (Å²) in [4.78, 5) is 24.2. The van der Waals surface area contributed by atoms with Gasteiger partial charge in [0.05, 0.1) is 0 Å². The minimum absolute atomic E-state index is 0.417. The van der Waals surface area contributed by atoms with Crippen LogP contribution in [0.3, 0.4) is 0 Å². The minimum Gasteiger partial charge on any atom is -0.341 e. The van der Waals surface area contributed by atoms with E-state index < -0.39 is 17.2 Å². The number of hydrogen-bond acceptors (Lipinski definition) is 7. The molecule has 0 unspecified atom stereocenters. The van der Waals surface area contributed by atoms with Gasteiger partial charge in [0.2, 0.25) is 11.0 Å². The molecule has 0 aliphatic heterocycles. The molecular weight excluding hydrogens is 394 g/mol. The summed E-state index contributed by atoms with van der Waals surface area (Å²) in [6, 6.07) is 16.6. The quantitative estimate of drug-likeness (QED) is 0.531. The Kier molecular flexibility index (Phi) is 6.62. The van der Waals surface area contributed by atoms with Crippen LogP contribution >= 0.6 is 23.1 Å². The molecule has 0 aliphatic rings. The molecule has 0 spiro atoms. The number of para-hydroxylation sites is 1. The third kappa shape index (κ3) is 5.08. The van der Waals surface area contributed by atoms with Crippen LogP contribution in [0.25, 0.3) is 0 Å². The molecule has 1 aromatic heterocycles. The lowest BCUT2D eigenvalue weighted by atomic mass is 10.1. The van der Waals surface area contributed by atoms with Gasteiger partial charge >= 0.3 is 6.03 Å². The van der Waals surface area contributed by atoms with Crippen molar-refractivity contribution < 1.29 is 9.59 Å². The van der Waals surface area contributed by atoms with Crippen LogP contribution < -0.4 is 16.0 Å². The molecule has 2 aromatic carbocycles. The molecule has 0 saturated heterocycles. The van der Waals surface area contributed by atoms with E-state index in [9.17, 15) is 9.59 Å². The topological polar surface area (TPSA) is 96.0 Å². The fourth-order valence-corrected chi connectivity index (χ4v) is 4.33. The van der Waals surface area contributed by atoms with Crippen LogP contribution in [0.4, 0.5) is 15.6 Å². The highest BCUT2D eigenvalue weighted by Gasteiger charge is 2.25. The lowest BCUT2D eigenvalue weighted by molar-refractivity contribution is -0.119. The van der Waals surface area contributed by atoms with Crippen LogP contribution in [0.2, 0.25) is 0 Å². The zero-order chi connectivity index (χ0) is 19.9. The Morgan fingerprint density at radius 1 is 1.04 bits per heavy atom. The number of urea groups is 1. The fraction of sp³-hybridized carbons (Fsp3) is 0.158. The molecule has 0 radical (unpaired) electrons. The number of anilines is 2. The van der Waals surface area contributed by atoms with E-state index >= 15 is 0 Å². The summed E-state index contributed by atoms with van der Waals surface area (Å²) in [6.07, 6.45) is 0. The lowest BCUT2D eigenvalue weighted by Gasteiger charge is -2.14. The second kappa shape index (κ2) is 9.34. The Morgan fingerprint density at radius 3 is 2.46 bits per heavy atom. The van der Waals surface area contributed by atoms with Crippen molar-refractivity contribution in [2.75, 3.05) is 12.4 Å². The van der Waals surface area contributed by atoms with Crippen LogP contribution in [0.15, 0.2) is 58.9 Å². The number of aryl methyl sites for hydroxylation is 1. The fourth-order valence-electron chi connectivity index (χ4n) is 2.38. The van der Waals surface area contributed by atoms with Gasteiger partial charge in [0.1, 0.15) is 5.25 Å². The SMILES string of the molecule is CNC(=O)NC(=O)[C@@H](Sc1nnc(Nc2ccccc2C)s1)c1ccccc1. The Morgan fingerprint density at radius 2 is 1.75 bits per heavy atom. The Hall–Kier alpha value is -2.91. The largest absolute Gasteiger partial charge is 0.341 e. The number of imide groups is 1. The summed E-state index contributed by atoms with van der Waals surface area (Å²) < 4.78 is 0.622. The number of nitrogens with zero attached hydrogens (tertiary/aromatic N) is 2. The Bertz CT molecular complexity index is 962. The van der Waals surface area contributed by atoms with E-state index in [-0.39, 0.29) is 0 Å². The zero-order valence-corrected chi connectivity index (χ0v) is 16.9. The maximum Gasteiger partial charge on any atom is 0.321 e. The molecule has 3 rings (SSSR count). The van der Waals surface area contributed by atoms with E-state index in [1.54, 1.807) is 0 Å². The maximum atomic E-state index is 12.6. The summed E-state index contributed by atoms with van der Waals surface area (Å²) in [5.41, 5.74) is 2.82. The van der Waals surface area contributed by atoms with Crippen LogP contribution in [-0.4, -0.2) is 29.2 Å². The van der Waals surface area contributed by atoms with Crippen molar-refractivity contribution in [1.29, 1.82) is 0 Å². The first-order chi connectivity index (χ1) is 13.6. The van der Waals surface area contributed by atoms with Crippen molar-refractivity contribution in [1.82, 2.24) is 20.8 Å². The molecule has 0 bridgehead atoms. The van der Waals surface area contributed by atoms with E-state index in [0.29, 0.717) is 9.47 Å². The molecule has 28 heavy (non-hydrogen) atoms. The Labute approximate surface area is 171 Å². The predicted molar refractivity (Wildman–Crippen MR) is 112 cm³/mol. The molecule has 7 nitrogen and oxygen atoms in total. The maximum absolute atomic E-state index is 12.6. The monoisotopic (exact) mass is 413 g/mol. The highest BCUT2D eigenvalue weighted by atomic mass is 32.2. The van der Waals surface area contributed by atoms with Gasteiger partial charge in [-0.25, -0.2) is 4.79 Å². The van der Waals surface area contributed by atoms with E-state index in [0.717, 1.165) is 16.8 Å². The van der Waals surface area contributed by atoms with Crippen molar-refractivity contribution >= 4 is 45.9 Å². The smallest absolute Gasteiger partial charge is 0.321 e. The van der Waals surface area contributed by atoms with Crippen LogP contribution in [-0.2, 0) is 4.79 Å².